The van der Waals surface area contributed by atoms with Gasteiger partial charge >= 0.3 is 0 Å². The fourth-order valence-corrected chi connectivity index (χ4v) is 5.83. The highest BCUT2D eigenvalue weighted by Gasteiger charge is 2.65. The number of hydrogen-bond donors (Lipinski definition) is 0. The van der Waals surface area contributed by atoms with Crippen molar-refractivity contribution in [1.29, 1.82) is 0 Å². The molecule has 0 aromatic heterocycles. The van der Waals surface area contributed by atoms with Gasteiger partial charge in [0.2, 0.25) is 5.91 Å². The Balaban J connectivity index is 1.49. The van der Waals surface area contributed by atoms with Gasteiger partial charge in [-0.25, -0.2) is 0 Å². The number of carbonyl (C=O) groups is 1. The molecule has 0 saturated carbocycles. The summed E-state index contributed by atoms with van der Waals surface area (Å²) < 4.78 is 16.4. The number of anilines is 1. The molecule has 0 aliphatic carbocycles. The zero-order valence-electron chi connectivity index (χ0n) is 17.8. The zero-order chi connectivity index (χ0) is 20.9. The van der Waals surface area contributed by atoms with E-state index in [1.165, 1.54) is 5.56 Å². The second-order valence-electron chi connectivity index (χ2n) is 8.43. The van der Waals surface area contributed by atoms with Gasteiger partial charge in [-0.2, -0.15) is 0 Å². The zero-order valence-corrected chi connectivity index (χ0v) is 17.8. The third-order valence-corrected chi connectivity index (χ3v) is 7.17. The molecule has 30 heavy (non-hydrogen) atoms. The lowest BCUT2D eigenvalue weighted by atomic mass is 9.85. The van der Waals surface area contributed by atoms with Crippen LogP contribution in [0.2, 0.25) is 0 Å². The van der Waals surface area contributed by atoms with E-state index in [-0.39, 0.29) is 11.9 Å². The molecular formula is C24H28N2O4. The summed E-state index contributed by atoms with van der Waals surface area (Å²) in [6.45, 7) is 1.69. The number of ether oxygens (including phenoxy) is 3. The van der Waals surface area contributed by atoms with Crippen LogP contribution in [0.25, 0.3) is 0 Å². The van der Waals surface area contributed by atoms with E-state index < -0.39 is 5.54 Å². The Bertz CT molecular complexity index is 955. The molecule has 1 spiro atoms. The summed E-state index contributed by atoms with van der Waals surface area (Å²) in [6.07, 6.45) is 2.93. The fourth-order valence-electron chi connectivity index (χ4n) is 5.83. The van der Waals surface area contributed by atoms with Crippen molar-refractivity contribution in [3.63, 3.8) is 0 Å². The molecule has 3 heterocycles. The van der Waals surface area contributed by atoms with Crippen LogP contribution >= 0.6 is 0 Å². The van der Waals surface area contributed by atoms with Gasteiger partial charge in [0.05, 0.1) is 21.3 Å². The summed E-state index contributed by atoms with van der Waals surface area (Å²) in [5, 5.41) is 0. The molecule has 0 N–H and O–H groups in total. The standard InChI is InChI=1S/C24H28N2O4/c1-28-19-7-4-6-18(13-19)25-15-17-12-22(26-9-5-8-24(17,26)23(25)27)16-10-20(29-2)14-21(11-16)30-3/h4,6-7,10-11,13-14,17,22H,5,8-9,12,15H2,1-3H3/t17-,22-,24-/m0/s1. The first-order chi connectivity index (χ1) is 14.6. The predicted octanol–water partition coefficient (Wildman–Crippen LogP) is 3.65. The van der Waals surface area contributed by atoms with Gasteiger partial charge in [-0.05, 0) is 55.6 Å². The number of amides is 1. The molecule has 0 bridgehead atoms. The summed E-state index contributed by atoms with van der Waals surface area (Å²) in [5.74, 6) is 2.90. The van der Waals surface area contributed by atoms with Crippen molar-refractivity contribution in [1.82, 2.24) is 4.90 Å². The van der Waals surface area contributed by atoms with Gasteiger partial charge in [-0.3, -0.25) is 9.69 Å². The van der Waals surface area contributed by atoms with Crippen molar-refractivity contribution in [3.05, 3.63) is 48.0 Å². The number of carbonyl (C=O) groups excluding carboxylic acids is 1. The van der Waals surface area contributed by atoms with Gasteiger partial charge in [0, 0.05) is 36.3 Å². The Kier molecular flexibility index (Phi) is 4.62. The molecule has 1 amide bonds. The van der Waals surface area contributed by atoms with Crippen molar-refractivity contribution in [2.24, 2.45) is 5.92 Å². The van der Waals surface area contributed by atoms with Gasteiger partial charge in [0.25, 0.3) is 0 Å². The van der Waals surface area contributed by atoms with Crippen LogP contribution in [0.4, 0.5) is 5.69 Å². The van der Waals surface area contributed by atoms with Gasteiger partial charge in [0.15, 0.2) is 0 Å². The Morgan fingerprint density at radius 2 is 1.70 bits per heavy atom. The molecule has 2 aromatic carbocycles. The fraction of sp³-hybridized carbons (Fsp3) is 0.458. The number of rotatable bonds is 5. The van der Waals surface area contributed by atoms with Gasteiger partial charge in [0.1, 0.15) is 22.8 Å². The molecule has 0 radical (unpaired) electrons. The van der Waals surface area contributed by atoms with Crippen LogP contribution in [0.3, 0.4) is 0 Å². The lowest BCUT2D eigenvalue weighted by Crippen LogP contribution is -2.49. The third kappa shape index (κ3) is 2.70. The Labute approximate surface area is 177 Å². The van der Waals surface area contributed by atoms with E-state index in [0.717, 1.165) is 55.3 Å². The summed E-state index contributed by atoms with van der Waals surface area (Å²) in [6, 6.07) is 14.1. The minimum atomic E-state index is -0.399. The molecule has 3 saturated heterocycles. The summed E-state index contributed by atoms with van der Waals surface area (Å²) in [7, 11) is 5.01. The predicted molar refractivity (Wildman–Crippen MR) is 114 cm³/mol. The number of nitrogens with zero attached hydrogens (tertiary/aromatic N) is 2. The quantitative estimate of drug-likeness (QED) is 0.756. The van der Waals surface area contributed by atoms with E-state index in [4.69, 9.17) is 14.2 Å². The van der Waals surface area contributed by atoms with Crippen molar-refractivity contribution in [2.45, 2.75) is 30.8 Å². The Morgan fingerprint density at radius 3 is 2.40 bits per heavy atom. The maximum atomic E-state index is 13.8. The van der Waals surface area contributed by atoms with Crippen molar-refractivity contribution in [2.75, 3.05) is 39.3 Å². The second-order valence-corrected chi connectivity index (χ2v) is 8.43. The molecule has 3 aliphatic rings. The monoisotopic (exact) mass is 408 g/mol. The van der Waals surface area contributed by atoms with Crippen LogP contribution in [0.1, 0.15) is 30.9 Å². The highest BCUT2D eigenvalue weighted by molar-refractivity contribution is 6.04. The average molecular weight is 408 g/mol. The van der Waals surface area contributed by atoms with Gasteiger partial charge in [-0.1, -0.05) is 6.07 Å². The number of benzene rings is 2. The van der Waals surface area contributed by atoms with Gasteiger partial charge in [-0.15, -0.1) is 0 Å². The smallest absolute Gasteiger partial charge is 0.247 e. The Hall–Kier alpha value is -2.73. The van der Waals surface area contributed by atoms with Crippen LogP contribution in [-0.4, -0.2) is 50.8 Å². The number of hydrogen-bond acceptors (Lipinski definition) is 5. The van der Waals surface area contributed by atoms with Crippen molar-refractivity contribution in [3.8, 4) is 17.2 Å². The maximum absolute atomic E-state index is 13.8. The van der Waals surface area contributed by atoms with Crippen LogP contribution in [0.5, 0.6) is 17.2 Å². The summed E-state index contributed by atoms with van der Waals surface area (Å²) in [4.78, 5) is 18.2. The third-order valence-electron chi connectivity index (χ3n) is 7.17. The van der Waals surface area contributed by atoms with Crippen LogP contribution in [-0.2, 0) is 4.79 Å². The van der Waals surface area contributed by atoms with Gasteiger partial charge < -0.3 is 19.1 Å². The Morgan fingerprint density at radius 1 is 0.967 bits per heavy atom. The molecule has 5 rings (SSSR count). The maximum Gasteiger partial charge on any atom is 0.247 e. The molecule has 0 unspecified atom stereocenters. The highest BCUT2D eigenvalue weighted by atomic mass is 16.5. The van der Waals surface area contributed by atoms with Crippen LogP contribution < -0.4 is 19.1 Å². The van der Waals surface area contributed by atoms with Crippen LogP contribution in [0.15, 0.2) is 42.5 Å². The summed E-state index contributed by atoms with van der Waals surface area (Å²) >= 11 is 0. The van der Waals surface area contributed by atoms with Crippen molar-refractivity contribution >= 4 is 11.6 Å². The average Bonchev–Trinajstić information content (AvgIpc) is 3.43. The first kappa shape index (κ1) is 19.2. The number of methoxy groups -OCH3 is 3. The van der Waals surface area contributed by atoms with E-state index in [2.05, 4.69) is 17.0 Å². The van der Waals surface area contributed by atoms with E-state index in [9.17, 15) is 4.79 Å². The molecule has 2 aromatic rings. The first-order valence-electron chi connectivity index (χ1n) is 10.6. The van der Waals surface area contributed by atoms with E-state index in [1.807, 2.05) is 35.2 Å². The highest BCUT2D eigenvalue weighted by Crippen LogP contribution is 2.57. The molecule has 6 heteroatoms. The van der Waals surface area contributed by atoms with E-state index in [1.54, 1.807) is 21.3 Å². The minimum Gasteiger partial charge on any atom is -0.497 e. The molecule has 6 nitrogen and oxygen atoms in total. The molecule has 3 aliphatic heterocycles. The first-order valence-corrected chi connectivity index (χ1v) is 10.6. The molecular weight excluding hydrogens is 380 g/mol. The topological polar surface area (TPSA) is 51.2 Å². The van der Waals surface area contributed by atoms with Crippen LogP contribution in [0, 0.1) is 5.92 Å². The van der Waals surface area contributed by atoms with Crippen molar-refractivity contribution < 1.29 is 19.0 Å². The summed E-state index contributed by atoms with van der Waals surface area (Å²) in [5.41, 5.74) is 1.70. The SMILES string of the molecule is COc1cc(OC)cc([C@@H]2C[C@H]3CN(c4cccc(OC)c4)C(=O)[C@]34CCCN24)c1. The molecule has 3 atom stereocenters. The molecule has 158 valence electrons. The minimum absolute atomic E-state index is 0.206. The largest absolute Gasteiger partial charge is 0.497 e. The normalized spacial score (nSPS) is 27.8. The second kappa shape index (κ2) is 7.20. The lowest BCUT2D eigenvalue weighted by Gasteiger charge is -2.34. The lowest BCUT2D eigenvalue weighted by molar-refractivity contribution is -0.126. The van der Waals surface area contributed by atoms with E-state index in [0.29, 0.717) is 5.92 Å². The molecule has 3 fully saturated rings. The van der Waals surface area contributed by atoms with E-state index >= 15 is 0 Å².